The number of carbonyl (C=O) groups is 2. The molecule has 0 aliphatic rings. The Hall–Kier alpha value is -1.32. The molecule has 0 N–H and O–H groups in total. The molecule has 0 bridgehead atoms. The van der Waals surface area contributed by atoms with Crippen LogP contribution in [0, 0.1) is 11.3 Å². The van der Waals surface area contributed by atoms with Crippen LogP contribution in [-0.4, -0.2) is 26.2 Å². The molecule has 14 heavy (non-hydrogen) atoms. The maximum absolute atomic E-state index is 11.5. The summed E-state index contributed by atoms with van der Waals surface area (Å²) in [6.07, 6.45) is 1.52. The highest BCUT2D eigenvalue weighted by Crippen LogP contribution is 2.31. The highest BCUT2D eigenvalue weighted by molar-refractivity contribution is 6.00. The van der Waals surface area contributed by atoms with Crippen molar-refractivity contribution >= 4 is 11.9 Å². The number of allylic oxidation sites excluding steroid dienone is 1. The smallest absolute Gasteiger partial charge is 0.323 e. The lowest BCUT2D eigenvalue weighted by atomic mass is 9.78. The first kappa shape index (κ1) is 12.7. The van der Waals surface area contributed by atoms with Crippen molar-refractivity contribution < 1.29 is 19.1 Å². The first-order chi connectivity index (χ1) is 6.44. The van der Waals surface area contributed by atoms with E-state index in [1.54, 1.807) is 6.92 Å². The van der Waals surface area contributed by atoms with Gasteiger partial charge in [0.15, 0.2) is 5.41 Å². The molecule has 0 rings (SSSR count). The van der Waals surface area contributed by atoms with E-state index in [1.165, 1.54) is 27.2 Å². The number of esters is 2. The lowest BCUT2D eigenvalue weighted by Crippen LogP contribution is -2.43. The fourth-order valence-electron chi connectivity index (χ4n) is 1.11. The fraction of sp³-hybridized carbons (Fsp3) is 0.600. The van der Waals surface area contributed by atoms with Crippen molar-refractivity contribution in [2.75, 3.05) is 14.2 Å². The molecule has 0 aliphatic carbocycles. The van der Waals surface area contributed by atoms with Gasteiger partial charge in [0.1, 0.15) is 0 Å². The number of ether oxygens (including phenoxy) is 2. The van der Waals surface area contributed by atoms with Crippen LogP contribution in [0.2, 0.25) is 0 Å². The number of methoxy groups -OCH3 is 2. The van der Waals surface area contributed by atoms with Crippen LogP contribution in [0.4, 0.5) is 0 Å². The maximum Gasteiger partial charge on any atom is 0.323 e. The Kier molecular flexibility index (Phi) is 4.34. The Balaban J connectivity index is 5.13. The second kappa shape index (κ2) is 4.79. The zero-order valence-corrected chi connectivity index (χ0v) is 8.99. The van der Waals surface area contributed by atoms with Gasteiger partial charge in [0, 0.05) is 5.92 Å². The van der Waals surface area contributed by atoms with Gasteiger partial charge in [-0.1, -0.05) is 13.0 Å². The van der Waals surface area contributed by atoms with Gasteiger partial charge in [0.05, 0.1) is 14.2 Å². The minimum Gasteiger partial charge on any atom is -0.468 e. The third-order valence-electron chi connectivity index (χ3n) is 2.48. The monoisotopic (exact) mass is 200 g/mol. The highest BCUT2D eigenvalue weighted by Gasteiger charge is 2.47. The molecule has 0 spiro atoms. The largest absolute Gasteiger partial charge is 0.468 e. The molecule has 4 nitrogen and oxygen atoms in total. The standard InChI is InChI=1S/C10H16O4/c1-6-7(2)10(3,8(11)13-4)9(12)14-5/h6-7H,1H2,2-5H3. The van der Waals surface area contributed by atoms with Crippen LogP contribution in [0.1, 0.15) is 13.8 Å². The van der Waals surface area contributed by atoms with Gasteiger partial charge in [-0.15, -0.1) is 6.58 Å². The van der Waals surface area contributed by atoms with Crippen LogP contribution in [0.5, 0.6) is 0 Å². The van der Waals surface area contributed by atoms with E-state index in [9.17, 15) is 9.59 Å². The first-order valence-electron chi connectivity index (χ1n) is 4.24. The predicted octanol–water partition coefficient (Wildman–Crippen LogP) is 1.16. The van der Waals surface area contributed by atoms with E-state index in [4.69, 9.17) is 0 Å². The average molecular weight is 200 g/mol. The fourth-order valence-corrected chi connectivity index (χ4v) is 1.11. The summed E-state index contributed by atoms with van der Waals surface area (Å²) in [6.45, 7) is 6.74. The summed E-state index contributed by atoms with van der Waals surface area (Å²) >= 11 is 0. The molecule has 0 aromatic carbocycles. The van der Waals surface area contributed by atoms with Gasteiger partial charge in [0.25, 0.3) is 0 Å². The molecule has 0 aromatic heterocycles. The molecule has 1 atom stereocenters. The molecule has 0 radical (unpaired) electrons. The van der Waals surface area contributed by atoms with Crippen LogP contribution in [0.25, 0.3) is 0 Å². The Morgan fingerprint density at radius 3 is 1.86 bits per heavy atom. The number of hydrogen-bond donors (Lipinski definition) is 0. The molecule has 0 fully saturated rings. The van der Waals surface area contributed by atoms with Crippen LogP contribution in [-0.2, 0) is 19.1 Å². The molecular formula is C10H16O4. The average Bonchev–Trinajstić information content (AvgIpc) is 2.24. The molecule has 0 saturated carbocycles. The summed E-state index contributed by atoms with van der Waals surface area (Å²) in [5, 5.41) is 0. The van der Waals surface area contributed by atoms with E-state index >= 15 is 0 Å². The van der Waals surface area contributed by atoms with Crippen molar-refractivity contribution in [3.8, 4) is 0 Å². The lowest BCUT2D eigenvalue weighted by Gasteiger charge is -2.27. The number of hydrogen-bond acceptors (Lipinski definition) is 4. The van der Waals surface area contributed by atoms with Gasteiger partial charge in [0.2, 0.25) is 0 Å². The highest BCUT2D eigenvalue weighted by atomic mass is 16.5. The second-order valence-corrected chi connectivity index (χ2v) is 3.21. The third-order valence-corrected chi connectivity index (χ3v) is 2.48. The van der Waals surface area contributed by atoms with Crippen molar-refractivity contribution in [3.63, 3.8) is 0 Å². The van der Waals surface area contributed by atoms with Crippen molar-refractivity contribution in [2.45, 2.75) is 13.8 Å². The summed E-state index contributed by atoms with van der Waals surface area (Å²) in [5.41, 5.74) is -1.31. The van der Waals surface area contributed by atoms with Crippen molar-refractivity contribution in [2.24, 2.45) is 11.3 Å². The predicted molar refractivity (Wildman–Crippen MR) is 51.5 cm³/mol. The van der Waals surface area contributed by atoms with E-state index in [0.717, 1.165) is 0 Å². The molecule has 80 valence electrons. The molecule has 0 aromatic rings. The Morgan fingerprint density at radius 2 is 1.64 bits per heavy atom. The van der Waals surface area contributed by atoms with Gasteiger partial charge >= 0.3 is 11.9 Å². The zero-order valence-electron chi connectivity index (χ0n) is 8.99. The Morgan fingerprint density at radius 1 is 1.29 bits per heavy atom. The number of carbonyl (C=O) groups excluding carboxylic acids is 2. The summed E-state index contributed by atoms with van der Waals surface area (Å²) in [4.78, 5) is 22.9. The summed E-state index contributed by atoms with van der Waals surface area (Å²) in [7, 11) is 2.47. The lowest BCUT2D eigenvalue weighted by molar-refractivity contribution is -0.170. The van der Waals surface area contributed by atoms with Gasteiger partial charge in [-0.05, 0) is 6.92 Å². The van der Waals surface area contributed by atoms with Crippen molar-refractivity contribution in [1.82, 2.24) is 0 Å². The Bertz CT molecular complexity index is 229. The topological polar surface area (TPSA) is 52.6 Å². The minimum atomic E-state index is -1.31. The molecule has 0 amide bonds. The summed E-state index contributed by atoms with van der Waals surface area (Å²) in [6, 6.07) is 0. The van der Waals surface area contributed by atoms with Crippen molar-refractivity contribution in [1.29, 1.82) is 0 Å². The SMILES string of the molecule is C=CC(C)C(C)(C(=O)OC)C(=O)OC. The van der Waals surface area contributed by atoms with Crippen molar-refractivity contribution in [3.05, 3.63) is 12.7 Å². The van der Waals surface area contributed by atoms with Gasteiger partial charge in [-0.2, -0.15) is 0 Å². The van der Waals surface area contributed by atoms with Crippen LogP contribution >= 0.6 is 0 Å². The molecular weight excluding hydrogens is 184 g/mol. The van der Waals surface area contributed by atoms with Crippen LogP contribution in [0.3, 0.4) is 0 Å². The summed E-state index contributed by atoms with van der Waals surface area (Å²) in [5.74, 6) is -1.57. The third kappa shape index (κ3) is 1.95. The van der Waals surface area contributed by atoms with Crippen LogP contribution < -0.4 is 0 Å². The zero-order chi connectivity index (χ0) is 11.4. The molecule has 0 saturated heterocycles. The molecule has 0 heterocycles. The first-order valence-corrected chi connectivity index (χ1v) is 4.24. The quantitative estimate of drug-likeness (QED) is 0.388. The van der Waals surface area contributed by atoms with E-state index in [2.05, 4.69) is 16.1 Å². The van der Waals surface area contributed by atoms with E-state index in [0.29, 0.717) is 0 Å². The molecule has 0 aliphatic heterocycles. The molecule has 1 unspecified atom stereocenters. The summed E-state index contributed by atoms with van der Waals surface area (Å²) < 4.78 is 9.15. The number of rotatable bonds is 4. The van der Waals surface area contributed by atoms with E-state index in [-0.39, 0.29) is 5.92 Å². The van der Waals surface area contributed by atoms with Gasteiger partial charge in [-0.3, -0.25) is 9.59 Å². The second-order valence-electron chi connectivity index (χ2n) is 3.21. The van der Waals surface area contributed by atoms with Gasteiger partial charge < -0.3 is 9.47 Å². The minimum absolute atomic E-state index is 0.345. The normalized spacial score (nSPS) is 12.9. The van der Waals surface area contributed by atoms with Gasteiger partial charge in [-0.25, -0.2) is 0 Å². The maximum atomic E-state index is 11.5. The van der Waals surface area contributed by atoms with E-state index < -0.39 is 17.4 Å². The van der Waals surface area contributed by atoms with E-state index in [1.807, 2.05) is 0 Å². The molecule has 4 heteroatoms. The van der Waals surface area contributed by atoms with Crippen LogP contribution in [0.15, 0.2) is 12.7 Å². The Labute approximate surface area is 83.9 Å².